The molecule has 0 amide bonds. The van der Waals surface area contributed by atoms with E-state index in [2.05, 4.69) is 6.07 Å². The molecule has 0 aliphatic rings. The molecule has 2 aromatic rings. The molecule has 0 fully saturated rings. The van der Waals surface area contributed by atoms with E-state index in [1.54, 1.807) is 12.1 Å². The minimum atomic E-state index is 0.528. The summed E-state index contributed by atoms with van der Waals surface area (Å²) in [6.45, 7) is 0. The highest BCUT2D eigenvalue weighted by molar-refractivity contribution is 5.89. The largest absolute Gasteiger partial charge is 0.192 e. The first-order chi connectivity index (χ1) is 6.85. The van der Waals surface area contributed by atoms with Crippen LogP contribution in [0.5, 0.6) is 0 Å². The molecule has 0 saturated heterocycles. The van der Waals surface area contributed by atoms with E-state index in [-0.39, 0.29) is 0 Å². The summed E-state index contributed by atoms with van der Waals surface area (Å²) in [6, 6.07) is 15.1. The lowest BCUT2D eigenvalue weighted by Crippen LogP contribution is -1.82. The predicted octanol–water partition coefficient (Wildman–Crippen LogP) is 2.58. The van der Waals surface area contributed by atoms with E-state index in [0.29, 0.717) is 11.1 Å². The molecule has 0 unspecified atom stereocenters. The van der Waals surface area contributed by atoms with E-state index >= 15 is 0 Å². The maximum absolute atomic E-state index is 8.90. The van der Waals surface area contributed by atoms with Crippen LogP contribution < -0.4 is 0 Å². The molecule has 0 radical (unpaired) electrons. The van der Waals surface area contributed by atoms with Gasteiger partial charge in [0.1, 0.15) is 0 Å². The lowest BCUT2D eigenvalue weighted by atomic mass is 10.0. The maximum Gasteiger partial charge on any atom is 0.0998 e. The number of hydrogen-bond donors (Lipinski definition) is 0. The second kappa shape index (κ2) is 3.20. The molecule has 64 valence electrons. The fourth-order valence-corrected chi connectivity index (χ4v) is 1.47. The monoisotopic (exact) mass is 178 g/mol. The van der Waals surface area contributed by atoms with Crippen molar-refractivity contribution in [2.75, 3.05) is 0 Å². The van der Waals surface area contributed by atoms with Gasteiger partial charge in [-0.15, -0.1) is 0 Å². The van der Waals surface area contributed by atoms with Crippen molar-refractivity contribution in [2.45, 2.75) is 0 Å². The zero-order chi connectivity index (χ0) is 9.97. The Bertz CT molecular complexity index is 571. The van der Waals surface area contributed by atoms with Crippen LogP contribution in [0.1, 0.15) is 11.1 Å². The van der Waals surface area contributed by atoms with Crippen LogP contribution in [0.3, 0.4) is 0 Å². The van der Waals surface area contributed by atoms with Gasteiger partial charge in [-0.05, 0) is 22.9 Å². The number of fused-ring (bicyclic) bond motifs is 1. The molecule has 0 atom stereocenters. The molecular formula is C12H6N2. The van der Waals surface area contributed by atoms with Gasteiger partial charge in [0, 0.05) is 0 Å². The second-order valence-electron chi connectivity index (χ2n) is 2.97. The molecule has 2 aromatic carbocycles. The highest BCUT2D eigenvalue weighted by atomic mass is 14.3. The van der Waals surface area contributed by atoms with Gasteiger partial charge in [-0.1, -0.05) is 24.3 Å². The van der Waals surface area contributed by atoms with Crippen molar-refractivity contribution in [3.63, 3.8) is 0 Å². The normalized spacial score (nSPS) is 9.29. The molecule has 0 saturated carbocycles. The summed E-state index contributed by atoms with van der Waals surface area (Å²) < 4.78 is 0. The summed E-state index contributed by atoms with van der Waals surface area (Å²) in [4.78, 5) is 0. The van der Waals surface area contributed by atoms with Gasteiger partial charge >= 0.3 is 0 Å². The van der Waals surface area contributed by atoms with Gasteiger partial charge in [-0.3, -0.25) is 0 Å². The first kappa shape index (κ1) is 8.29. The molecule has 0 bridgehead atoms. The molecule has 0 N–H and O–H groups in total. The minimum absolute atomic E-state index is 0.528. The molecule has 0 aliphatic heterocycles. The minimum Gasteiger partial charge on any atom is -0.192 e. The Hall–Kier alpha value is -2.32. The Labute approximate surface area is 81.6 Å². The molecule has 2 nitrogen and oxygen atoms in total. The topological polar surface area (TPSA) is 47.6 Å². The molecular weight excluding hydrogens is 172 g/mol. The summed E-state index contributed by atoms with van der Waals surface area (Å²) in [7, 11) is 0. The lowest BCUT2D eigenvalue weighted by Gasteiger charge is -1.99. The van der Waals surface area contributed by atoms with E-state index in [1.165, 1.54) is 0 Å². The van der Waals surface area contributed by atoms with E-state index in [9.17, 15) is 0 Å². The van der Waals surface area contributed by atoms with Crippen LogP contribution in [0.2, 0.25) is 0 Å². The van der Waals surface area contributed by atoms with Crippen LogP contribution in [0.25, 0.3) is 10.8 Å². The molecule has 0 heterocycles. The first-order valence-corrected chi connectivity index (χ1v) is 4.18. The summed E-state index contributed by atoms with van der Waals surface area (Å²) in [6.07, 6.45) is 0. The van der Waals surface area contributed by atoms with E-state index in [4.69, 9.17) is 10.5 Å². The summed E-state index contributed by atoms with van der Waals surface area (Å²) in [5.74, 6) is 0. The third-order valence-corrected chi connectivity index (χ3v) is 2.11. The van der Waals surface area contributed by atoms with Gasteiger partial charge in [0.15, 0.2) is 0 Å². The van der Waals surface area contributed by atoms with Crippen LogP contribution in [0.4, 0.5) is 0 Å². The summed E-state index contributed by atoms with van der Waals surface area (Å²) in [5, 5.41) is 19.5. The average Bonchev–Trinajstić information content (AvgIpc) is 2.27. The van der Waals surface area contributed by atoms with Gasteiger partial charge in [0.05, 0.1) is 23.3 Å². The van der Waals surface area contributed by atoms with Gasteiger partial charge in [-0.2, -0.15) is 10.5 Å². The third-order valence-electron chi connectivity index (χ3n) is 2.11. The van der Waals surface area contributed by atoms with E-state index < -0.39 is 0 Å². The van der Waals surface area contributed by atoms with E-state index in [1.807, 2.05) is 30.3 Å². The molecule has 0 spiro atoms. The van der Waals surface area contributed by atoms with Crippen molar-refractivity contribution in [3.05, 3.63) is 47.5 Å². The Morgan fingerprint density at radius 3 is 2.43 bits per heavy atom. The number of rotatable bonds is 0. The van der Waals surface area contributed by atoms with Crippen molar-refractivity contribution >= 4 is 10.8 Å². The fourth-order valence-electron chi connectivity index (χ4n) is 1.47. The maximum atomic E-state index is 8.90. The smallest absolute Gasteiger partial charge is 0.0998 e. The van der Waals surface area contributed by atoms with Gasteiger partial charge < -0.3 is 0 Å². The van der Waals surface area contributed by atoms with Crippen molar-refractivity contribution in [2.24, 2.45) is 0 Å². The predicted molar refractivity (Wildman–Crippen MR) is 53.4 cm³/mol. The van der Waals surface area contributed by atoms with Crippen molar-refractivity contribution < 1.29 is 0 Å². The molecule has 14 heavy (non-hydrogen) atoms. The summed E-state index contributed by atoms with van der Waals surface area (Å²) in [5.41, 5.74) is 1.08. The Morgan fingerprint density at radius 2 is 1.71 bits per heavy atom. The quantitative estimate of drug-likeness (QED) is 0.622. The molecule has 0 aliphatic carbocycles. The number of hydrogen-bond acceptors (Lipinski definition) is 2. The van der Waals surface area contributed by atoms with Crippen molar-refractivity contribution in [1.82, 2.24) is 0 Å². The number of nitrogens with zero attached hydrogens (tertiary/aromatic N) is 2. The third kappa shape index (κ3) is 1.20. The second-order valence-corrected chi connectivity index (χ2v) is 2.97. The molecule has 2 heteroatoms. The SMILES string of the molecule is N#Cc1cc(C#N)c2ccccc2c1. The number of nitriles is 2. The molecule has 0 aromatic heterocycles. The fraction of sp³-hybridized carbons (Fsp3) is 0. The van der Waals surface area contributed by atoms with E-state index in [0.717, 1.165) is 10.8 Å². The van der Waals surface area contributed by atoms with Crippen LogP contribution in [0, 0.1) is 22.7 Å². The standard InChI is InChI=1S/C12H6N2/c13-7-9-5-10-3-1-2-4-12(10)11(6-9)8-14/h1-6H. The summed E-state index contributed by atoms with van der Waals surface area (Å²) >= 11 is 0. The molecule has 2 rings (SSSR count). The zero-order valence-corrected chi connectivity index (χ0v) is 7.36. The van der Waals surface area contributed by atoms with Crippen molar-refractivity contribution in [3.8, 4) is 12.1 Å². The Morgan fingerprint density at radius 1 is 0.929 bits per heavy atom. The van der Waals surface area contributed by atoms with Crippen LogP contribution in [0.15, 0.2) is 36.4 Å². The van der Waals surface area contributed by atoms with Crippen LogP contribution in [-0.2, 0) is 0 Å². The first-order valence-electron chi connectivity index (χ1n) is 4.18. The van der Waals surface area contributed by atoms with Gasteiger partial charge in [-0.25, -0.2) is 0 Å². The highest BCUT2D eigenvalue weighted by Gasteiger charge is 2.01. The Balaban J connectivity index is 2.90. The Kier molecular flexibility index (Phi) is 1.89. The average molecular weight is 178 g/mol. The lowest BCUT2D eigenvalue weighted by molar-refractivity contribution is 1.47. The zero-order valence-electron chi connectivity index (χ0n) is 7.36. The highest BCUT2D eigenvalue weighted by Crippen LogP contribution is 2.19. The number of benzene rings is 2. The van der Waals surface area contributed by atoms with Gasteiger partial charge in [0.2, 0.25) is 0 Å². The van der Waals surface area contributed by atoms with Gasteiger partial charge in [0.25, 0.3) is 0 Å². The van der Waals surface area contributed by atoms with Crippen LogP contribution in [-0.4, -0.2) is 0 Å². The van der Waals surface area contributed by atoms with Crippen molar-refractivity contribution in [1.29, 1.82) is 10.5 Å². The van der Waals surface area contributed by atoms with Crippen LogP contribution >= 0.6 is 0 Å².